The molecule has 0 bridgehead atoms. The van der Waals surface area contributed by atoms with Gasteiger partial charge in [-0.1, -0.05) is 30.3 Å². The number of anilines is 1. The van der Waals surface area contributed by atoms with Crippen molar-refractivity contribution in [3.63, 3.8) is 0 Å². The van der Waals surface area contributed by atoms with E-state index in [1.54, 1.807) is 26.0 Å². The van der Waals surface area contributed by atoms with E-state index in [0.29, 0.717) is 23.6 Å². The average Bonchev–Trinajstić information content (AvgIpc) is 2.91. The summed E-state index contributed by atoms with van der Waals surface area (Å²) < 4.78 is 10.00. The Balaban J connectivity index is 2.38. The third-order valence-electron chi connectivity index (χ3n) is 3.98. The number of aryl methyl sites for hydroxylation is 2. The monoisotopic (exact) mass is 330 g/mol. The molecule has 1 heterocycles. The highest BCUT2D eigenvalue weighted by atomic mass is 16.5. The fourth-order valence-electron chi connectivity index (χ4n) is 2.67. The van der Waals surface area contributed by atoms with Crippen LogP contribution in [-0.4, -0.2) is 30.2 Å². The molecular weight excluding hydrogens is 308 g/mol. The highest BCUT2D eigenvalue weighted by Crippen LogP contribution is 2.22. The number of para-hydroxylation sites is 1. The fourth-order valence-corrected chi connectivity index (χ4v) is 2.67. The molecule has 6 nitrogen and oxygen atoms in total. The van der Waals surface area contributed by atoms with E-state index in [1.807, 2.05) is 25.1 Å². The molecule has 2 rings (SSSR count). The Morgan fingerprint density at radius 3 is 2.42 bits per heavy atom. The number of aromatic nitrogens is 1. The Hall–Kier alpha value is -2.63. The van der Waals surface area contributed by atoms with Gasteiger partial charge >= 0.3 is 5.97 Å². The second-order valence-corrected chi connectivity index (χ2v) is 5.53. The third-order valence-corrected chi connectivity index (χ3v) is 3.98. The lowest BCUT2D eigenvalue weighted by molar-refractivity contribution is -0.143. The smallest absolute Gasteiger partial charge is 0.328 e. The van der Waals surface area contributed by atoms with Gasteiger partial charge in [0, 0.05) is 11.3 Å². The summed E-state index contributed by atoms with van der Waals surface area (Å²) in [5.74, 6) is -0.0266. The number of nitrogens with zero attached hydrogens (tertiary/aromatic N) is 2. The van der Waals surface area contributed by atoms with E-state index >= 15 is 0 Å². The highest BCUT2D eigenvalue weighted by molar-refractivity contribution is 6.00. The van der Waals surface area contributed by atoms with Gasteiger partial charge in [0.15, 0.2) is 0 Å². The maximum absolute atomic E-state index is 13.0. The molecule has 0 spiro atoms. The van der Waals surface area contributed by atoms with Crippen LogP contribution in [0.5, 0.6) is 0 Å². The molecule has 0 aliphatic heterocycles. The van der Waals surface area contributed by atoms with Crippen LogP contribution in [0.4, 0.5) is 5.69 Å². The molecule has 1 aromatic heterocycles. The van der Waals surface area contributed by atoms with Gasteiger partial charge in [-0.3, -0.25) is 9.69 Å². The third kappa shape index (κ3) is 3.64. The lowest BCUT2D eigenvalue weighted by Crippen LogP contribution is -2.46. The second-order valence-electron chi connectivity index (χ2n) is 5.53. The molecule has 0 aliphatic carbocycles. The van der Waals surface area contributed by atoms with Crippen molar-refractivity contribution < 1.29 is 18.8 Å². The molecule has 0 fully saturated rings. The first-order valence-corrected chi connectivity index (χ1v) is 7.86. The molecule has 0 saturated carbocycles. The lowest BCUT2D eigenvalue weighted by atomic mass is 10.1. The summed E-state index contributed by atoms with van der Waals surface area (Å²) in [4.78, 5) is 26.6. The number of rotatable bonds is 6. The number of esters is 1. The summed E-state index contributed by atoms with van der Waals surface area (Å²) in [6, 6.07) is 8.45. The Labute approximate surface area is 141 Å². The first kappa shape index (κ1) is 17.7. The van der Waals surface area contributed by atoms with Crippen molar-refractivity contribution in [2.45, 2.75) is 39.7 Å². The Morgan fingerprint density at radius 1 is 1.25 bits per heavy atom. The van der Waals surface area contributed by atoms with Gasteiger partial charge in [0.1, 0.15) is 11.8 Å². The largest absolute Gasteiger partial charge is 0.467 e. The minimum atomic E-state index is -0.676. The zero-order valence-corrected chi connectivity index (χ0v) is 14.4. The molecule has 1 atom stereocenters. The minimum Gasteiger partial charge on any atom is -0.467 e. The summed E-state index contributed by atoms with van der Waals surface area (Å²) in [6.07, 6.45) is 0.568. The normalized spacial score (nSPS) is 11.8. The predicted octanol–water partition coefficient (Wildman–Crippen LogP) is 2.82. The molecule has 24 heavy (non-hydrogen) atoms. The average molecular weight is 330 g/mol. The van der Waals surface area contributed by atoms with Crippen LogP contribution in [0.25, 0.3) is 0 Å². The zero-order valence-electron chi connectivity index (χ0n) is 14.4. The van der Waals surface area contributed by atoms with E-state index < -0.39 is 12.0 Å². The number of hydrogen-bond acceptors (Lipinski definition) is 5. The Morgan fingerprint density at radius 2 is 1.92 bits per heavy atom. The molecular formula is C18H22N2O4. The maximum atomic E-state index is 13.0. The number of ether oxygens (including phenoxy) is 1. The molecule has 0 aliphatic rings. The van der Waals surface area contributed by atoms with Gasteiger partial charge in [-0.15, -0.1) is 0 Å². The number of amides is 1. The van der Waals surface area contributed by atoms with Crippen molar-refractivity contribution in [2.75, 3.05) is 12.0 Å². The summed E-state index contributed by atoms with van der Waals surface area (Å²) >= 11 is 0. The fraction of sp³-hybridized carbons (Fsp3) is 0.389. The molecule has 1 aromatic carbocycles. The summed E-state index contributed by atoms with van der Waals surface area (Å²) in [5, 5.41) is 3.88. The minimum absolute atomic E-state index is 0.115. The zero-order chi connectivity index (χ0) is 17.7. The highest BCUT2D eigenvalue weighted by Gasteiger charge is 2.31. The quantitative estimate of drug-likeness (QED) is 0.762. The van der Waals surface area contributed by atoms with Gasteiger partial charge in [-0.25, -0.2) is 4.79 Å². The van der Waals surface area contributed by atoms with Crippen LogP contribution in [0.1, 0.15) is 30.4 Å². The number of benzene rings is 1. The van der Waals surface area contributed by atoms with E-state index in [0.717, 1.165) is 5.56 Å². The first-order chi connectivity index (χ1) is 11.5. The van der Waals surface area contributed by atoms with E-state index in [2.05, 4.69) is 5.16 Å². The van der Waals surface area contributed by atoms with E-state index in [-0.39, 0.29) is 12.3 Å². The summed E-state index contributed by atoms with van der Waals surface area (Å²) in [6.45, 7) is 5.41. The first-order valence-electron chi connectivity index (χ1n) is 7.86. The van der Waals surface area contributed by atoms with Crippen molar-refractivity contribution >= 4 is 17.6 Å². The Kier molecular flexibility index (Phi) is 5.73. The number of carbonyl (C=O) groups excluding carboxylic acids is 2. The van der Waals surface area contributed by atoms with Crippen molar-refractivity contribution in [3.8, 4) is 0 Å². The van der Waals surface area contributed by atoms with E-state index in [9.17, 15) is 9.59 Å². The second kappa shape index (κ2) is 7.77. The van der Waals surface area contributed by atoms with Gasteiger partial charge < -0.3 is 9.26 Å². The molecule has 6 heteroatoms. The topological polar surface area (TPSA) is 72.6 Å². The molecule has 1 amide bonds. The van der Waals surface area contributed by atoms with Gasteiger partial charge in [0.2, 0.25) is 5.91 Å². The van der Waals surface area contributed by atoms with Gasteiger partial charge in [0.05, 0.1) is 19.2 Å². The summed E-state index contributed by atoms with van der Waals surface area (Å²) in [5.41, 5.74) is 2.09. The lowest BCUT2D eigenvalue weighted by Gasteiger charge is -2.29. The molecule has 128 valence electrons. The van der Waals surface area contributed by atoms with E-state index in [4.69, 9.17) is 9.26 Å². The van der Waals surface area contributed by atoms with Crippen LogP contribution in [0.15, 0.2) is 34.9 Å². The van der Waals surface area contributed by atoms with Crippen LogP contribution < -0.4 is 4.90 Å². The van der Waals surface area contributed by atoms with Crippen LogP contribution >= 0.6 is 0 Å². The van der Waals surface area contributed by atoms with Crippen molar-refractivity contribution in [1.82, 2.24) is 5.16 Å². The van der Waals surface area contributed by atoms with Gasteiger partial charge in [-0.2, -0.15) is 0 Å². The number of carbonyl (C=O) groups is 2. The summed E-state index contributed by atoms with van der Waals surface area (Å²) in [7, 11) is 1.33. The van der Waals surface area contributed by atoms with Crippen molar-refractivity contribution in [1.29, 1.82) is 0 Å². The van der Waals surface area contributed by atoms with E-state index in [1.165, 1.54) is 12.0 Å². The molecule has 0 radical (unpaired) electrons. The molecule has 0 N–H and O–H groups in total. The van der Waals surface area contributed by atoms with Crippen molar-refractivity contribution in [2.24, 2.45) is 0 Å². The van der Waals surface area contributed by atoms with Gasteiger partial charge in [0.25, 0.3) is 0 Å². The standard InChI is InChI=1S/C18H22N2O4/c1-5-16(18(22)23-4)20(14-9-7-6-8-10-14)17(21)11-15-12(2)19-24-13(15)3/h6-10,16H,5,11H2,1-4H3/t16-/m1/s1. The molecule has 0 unspecified atom stereocenters. The predicted molar refractivity (Wildman–Crippen MR) is 89.7 cm³/mol. The van der Waals surface area contributed by atoms with Crippen LogP contribution in [0, 0.1) is 13.8 Å². The number of hydrogen-bond donors (Lipinski definition) is 0. The van der Waals surface area contributed by atoms with Crippen molar-refractivity contribution in [3.05, 3.63) is 47.3 Å². The SMILES string of the molecule is CC[C@H](C(=O)OC)N(C(=O)Cc1c(C)noc1C)c1ccccc1. The van der Waals surface area contributed by atoms with Crippen LogP contribution in [0.3, 0.4) is 0 Å². The molecule has 2 aromatic rings. The van der Waals surface area contributed by atoms with Gasteiger partial charge in [-0.05, 0) is 32.4 Å². The molecule has 0 saturated heterocycles. The Bertz CT molecular complexity index is 690. The van der Waals surface area contributed by atoms with Crippen LogP contribution in [0.2, 0.25) is 0 Å². The number of methoxy groups -OCH3 is 1. The maximum Gasteiger partial charge on any atom is 0.328 e. The van der Waals surface area contributed by atoms with Crippen LogP contribution in [-0.2, 0) is 20.7 Å².